The number of nitrogens with zero attached hydrogens (tertiary/aromatic N) is 2. The number of rotatable bonds is 5. The lowest BCUT2D eigenvalue weighted by molar-refractivity contribution is 0.260. The molecule has 1 aromatic rings. The molecule has 1 heterocycles. The second kappa shape index (κ2) is 5.32. The Morgan fingerprint density at radius 1 is 1.69 bits per heavy atom. The first-order valence-electron chi connectivity index (χ1n) is 4.48. The molecule has 0 radical (unpaired) electrons. The smallest absolute Gasteiger partial charge is 0.0795 e. The van der Waals surface area contributed by atoms with Crippen LogP contribution in [-0.4, -0.2) is 37.1 Å². The Balaban J connectivity index is 2.43. The third-order valence-electron chi connectivity index (χ3n) is 2.26. The molecule has 0 saturated heterocycles. The summed E-state index contributed by atoms with van der Waals surface area (Å²) in [5, 5.41) is 5.25. The van der Waals surface area contributed by atoms with Crippen LogP contribution in [0.4, 0.5) is 0 Å². The maximum Gasteiger partial charge on any atom is 0.0795 e. The Bertz CT molecular complexity index is 223. The average molecular weight is 199 g/mol. The van der Waals surface area contributed by atoms with E-state index in [1.165, 1.54) is 5.69 Å². The highest BCUT2D eigenvalue weighted by atomic mass is 32.1. The lowest BCUT2D eigenvalue weighted by Crippen LogP contribution is -2.29. The number of thiazole rings is 1. The van der Waals surface area contributed by atoms with E-state index in [0.29, 0.717) is 6.04 Å². The van der Waals surface area contributed by atoms with Crippen LogP contribution in [0, 0.1) is 0 Å². The Kier molecular flexibility index (Phi) is 4.35. The van der Waals surface area contributed by atoms with Gasteiger partial charge in [0, 0.05) is 24.5 Å². The summed E-state index contributed by atoms with van der Waals surface area (Å²) in [5.74, 6) is 0. The van der Waals surface area contributed by atoms with Gasteiger partial charge < -0.3 is 5.32 Å². The van der Waals surface area contributed by atoms with E-state index in [0.717, 1.165) is 13.1 Å². The van der Waals surface area contributed by atoms with E-state index in [9.17, 15) is 0 Å². The van der Waals surface area contributed by atoms with Crippen molar-refractivity contribution in [2.24, 2.45) is 0 Å². The van der Waals surface area contributed by atoms with Crippen molar-refractivity contribution in [2.45, 2.75) is 13.0 Å². The van der Waals surface area contributed by atoms with E-state index >= 15 is 0 Å². The van der Waals surface area contributed by atoms with Crippen LogP contribution >= 0.6 is 11.3 Å². The standard InChI is InChI=1S/C9H17N3S/c1-8(9-6-13-7-11-9)12(3)5-4-10-2/h6-8,10H,4-5H2,1-3H3. The fourth-order valence-electron chi connectivity index (χ4n) is 1.14. The monoisotopic (exact) mass is 199 g/mol. The molecule has 1 unspecified atom stereocenters. The molecule has 1 atom stereocenters. The van der Waals surface area contributed by atoms with Gasteiger partial charge in [-0.3, -0.25) is 4.90 Å². The average Bonchev–Trinajstić information content (AvgIpc) is 2.65. The number of nitrogens with one attached hydrogen (secondary N) is 1. The molecular weight excluding hydrogens is 182 g/mol. The van der Waals surface area contributed by atoms with Crippen LogP contribution in [0.5, 0.6) is 0 Å². The SMILES string of the molecule is CNCCN(C)C(C)c1cscn1. The number of hydrogen-bond donors (Lipinski definition) is 1. The van der Waals surface area contributed by atoms with Crippen molar-refractivity contribution >= 4 is 11.3 Å². The molecule has 0 saturated carbocycles. The Hall–Kier alpha value is -0.450. The van der Waals surface area contributed by atoms with Gasteiger partial charge >= 0.3 is 0 Å². The molecule has 1 N–H and O–H groups in total. The van der Waals surface area contributed by atoms with Crippen molar-refractivity contribution in [2.75, 3.05) is 27.2 Å². The molecule has 4 heteroatoms. The number of likely N-dealkylation sites (N-methyl/N-ethyl adjacent to an activating group) is 2. The van der Waals surface area contributed by atoms with Gasteiger partial charge in [-0.25, -0.2) is 4.98 Å². The summed E-state index contributed by atoms with van der Waals surface area (Å²) >= 11 is 1.66. The zero-order valence-corrected chi connectivity index (χ0v) is 9.27. The van der Waals surface area contributed by atoms with Crippen LogP contribution in [0.3, 0.4) is 0 Å². The van der Waals surface area contributed by atoms with Crippen LogP contribution in [0.1, 0.15) is 18.7 Å². The molecule has 1 rings (SSSR count). The quantitative estimate of drug-likeness (QED) is 0.776. The summed E-state index contributed by atoms with van der Waals surface area (Å²) in [4.78, 5) is 6.60. The lowest BCUT2D eigenvalue weighted by Gasteiger charge is -2.22. The maximum absolute atomic E-state index is 4.30. The predicted octanol–water partition coefficient (Wildman–Crippen LogP) is 1.36. The summed E-state index contributed by atoms with van der Waals surface area (Å²) in [6.07, 6.45) is 0. The molecule has 0 aliphatic carbocycles. The molecule has 0 bridgehead atoms. The van der Waals surface area contributed by atoms with Gasteiger partial charge in [-0.2, -0.15) is 0 Å². The summed E-state index contributed by atoms with van der Waals surface area (Å²) in [6.45, 7) is 4.25. The second-order valence-electron chi connectivity index (χ2n) is 3.17. The van der Waals surface area contributed by atoms with Crippen LogP contribution < -0.4 is 5.32 Å². The van der Waals surface area contributed by atoms with E-state index in [-0.39, 0.29) is 0 Å². The summed E-state index contributed by atoms with van der Waals surface area (Å²) in [7, 11) is 4.10. The van der Waals surface area contributed by atoms with Crippen LogP contribution in [-0.2, 0) is 0 Å². The first kappa shape index (κ1) is 10.6. The predicted molar refractivity (Wildman–Crippen MR) is 57.1 cm³/mol. The van der Waals surface area contributed by atoms with Gasteiger partial charge in [0.05, 0.1) is 11.2 Å². The molecule has 0 aromatic carbocycles. The van der Waals surface area contributed by atoms with E-state index in [1.54, 1.807) is 11.3 Å². The van der Waals surface area contributed by atoms with Gasteiger partial charge in [0.15, 0.2) is 0 Å². The van der Waals surface area contributed by atoms with Crippen molar-refractivity contribution < 1.29 is 0 Å². The molecule has 0 amide bonds. The van der Waals surface area contributed by atoms with Gasteiger partial charge in [-0.1, -0.05) is 0 Å². The third-order valence-corrected chi connectivity index (χ3v) is 2.86. The normalized spacial score (nSPS) is 13.5. The van der Waals surface area contributed by atoms with E-state index in [2.05, 4.69) is 34.6 Å². The zero-order chi connectivity index (χ0) is 9.68. The first-order chi connectivity index (χ1) is 6.25. The van der Waals surface area contributed by atoms with Crippen molar-refractivity contribution in [1.29, 1.82) is 0 Å². The molecule has 1 aromatic heterocycles. The molecule has 0 fully saturated rings. The van der Waals surface area contributed by atoms with Crippen molar-refractivity contribution in [3.8, 4) is 0 Å². The topological polar surface area (TPSA) is 28.2 Å². The van der Waals surface area contributed by atoms with Crippen LogP contribution in [0.25, 0.3) is 0 Å². The highest BCUT2D eigenvalue weighted by molar-refractivity contribution is 7.07. The largest absolute Gasteiger partial charge is 0.318 e. The Morgan fingerprint density at radius 3 is 3.00 bits per heavy atom. The minimum atomic E-state index is 0.416. The Morgan fingerprint density at radius 2 is 2.46 bits per heavy atom. The van der Waals surface area contributed by atoms with Gasteiger partial charge in [0.1, 0.15) is 0 Å². The summed E-state index contributed by atoms with van der Waals surface area (Å²) in [5.41, 5.74) is 3.06. The second-order valence-corrected chi connectivity index (χ2v) is 3.89. The highest BCUT2D eigenvalue weighted by Gasteiger charge is 2.11. The van der Waals surface area contributed by atoms with Gasteiger partial charge in [-0.05, 0) is 21.0 Å². The molecule has 0 aliphatic heterocycles. The molecule has 0 spiro atoms. The molecule has 13 heavy (non-hydrogen) atoms. The minimum Gasteiger partial charge on any atom is -0.318 e. The summed E-state index contributed by atoms with van der Waals surface area (Å²) < 4.78 is 0. The van der Waals surface area contributed by atoms with E-state index in [4.69, 9.17) is 0 Å². The molecule has 3 nitrogen and oxygen atoms in total. The van der Waals surface area contributed by atoms with Crippen LogP contribution in [0.2, 0.25) is 0 Å². The van der Waals surface area contributed by atoms with E-state index in [1.807, 2.05) is 12.6 Å². The van der Waals surface area contributed by atoms with E-state index < -0.39 is 0 Å². The fourth-order valence-corrected chi connectivity index (χ4v) is 1.78. The number of hydrogen-bond acceptors (Lipinski definition) is 4. The van der Waals surface area contributed by atoms with Gasteiger partial charge in [0.25, 0.3) is 0 Å². The Labute approximate surface area is 83.8 Å². The van der Waals surface area contributed by atoms with Crippen LogP contribution in [0.15, 0.2) is 10.9 Å². The third kappa shape index (κ3) is 3.06. The lowest BCUT2D eigenvalue weighted by atomic mass is 10.2. The molecule has 74 valence electrons. The molecular formula is C9H17N3S. The van der Waals surface area contributed by atoms with Crippen molar-refractivity contribution in [1.82, 2.24) is 15.2 Å². The fraction of sp³-hybridized carbons (Fsp3) is 0.667. The number of aromatic nitrogens is 1. The van der Waals surface area contributed by atoms with Crippen molar-refractivity contribution in [3.05, 3.63) is 16.6 Å². The zero-order valence-electron chi connectivity index (χ0n) is 8.45. The molecule has 0 aliphatic rings. The van der Waals surface area contributed by atoms with Gasteiger partial charge in [0.2, 0.25) is 0 Å². The minimum absolute atomic E-state index is 0.416. The maximum atomic E-state index is 4.30. The summed E-state index contributed by atoms with van der Waals surface area (Å²) in [6, 6.07) is 0.416. The first-order valence-corrected chi connectivity index (χ1v) is 5.43. The van der Waals surface area contributed by atoms with Gasteiger partial charge in [-0.15, -0.1) is 11.3 Å². The highest BCUT2D eigenvalue weighted by Crippen LogP contribution is 2.17. The van der Waals surface area contributed by atoms with Crippen molar-refractivity contribution in [3.63, 3.8) is 0 Å².